The van der Waals surface area contributed by atoms with Crippen molar-refractivity contribution in [1.82, 2.24) is 0 Å². The molecule has 0 N–H and O–H groups in total. The van der Waals surface area contributed by atoms with Crippen molar-refractivity contribution in [2.24, 2.45) is 4.99 Å². The maximum atomic E-state index is 12.2. The highest BCUT2D eigenvalue weighted by Gasteiger charge is 2.14. The van der Waals surface area contributed by atoms with Crippen LogP contribution in [-0.2, 0) is 4.74 Å². The smallest absolute Gasteiger partial charge is 0.191 e. The van der Waals surface area contributed by atoms with Gasteiger partial charge in [-0.05, 0) is 29.0 Å². The first-order chi connectivity index (χ1) is 9.76. The van der Waals surface area contributed by atoms with Crippen LogP contribution in [0.5, 0.6) is 5.75 Å². The van der Waals surface area contributed by atoms with Crippen LogP contribution in [0.25, 0.3) is 10.8 Å². The number of ether oxygens (including phenoxy) is 2. The maximum Gasteiger partial charge on any atom is 0.191 e. The molecule has 0 unspecified atom stereocenters. The van der Waals surface area contributed by atoms with Gasteiger partial charge in [-0.1, -0.05) is 18.2 Å². The van der Waals surface area contributed by atoms with Crippen molar-refractivity contribution in [3.8, 4) is 5.75 Å². The minimum atomic E-state index is 0.0309. The van der Waals surface area contributed by atoms with Gasteiger partial charge in [0.15, 0.2) is 11.7 Å². The number of hydrogen-bond acceptors (Lipinski definition) is 4. The van der Waals surface area contributed by atoms with Gasteiger partial charge >= 0.3 is 0 Å². The molecule has 2 aromatic rings. The molecule has 2 aromatic carbocycles. The second kappa shape index (κ2) is 5.33. The van der Waals surface area contributed by atoms with Crippen molar-refractivity contribution >= 4 is 22.5 Å². The van der Waals surface area contributed by atoms with E-state index < -0.39 is 0 Å². The van der Waals surface area contributed by atoms with E-state index in [9.17, 15) is 4.79 Å². The number of carbonyl (C=O) groups is 1. The summed E-state index contributed by atoms with van der Waals surface area (Å²) in [7, 11) is 1.64. The first-order valence-electron chi connectivity index (χ1n) is 6.53. The van der Waals surface area contributed by atoms with Crippen LogP contribution < -0.4 is 4.74 Å². The minimum absolute atomic E-state index is 0.0309. The molecule has 3 rings (SSSR count). The van der Waals surface area contributed by atoms with E-state index in [2.05, 4.69) is 4.99 Å². The van der Waals surface area contributed by atoms with Crippen molar-refractivity contribution in [2.45, 2.75) is 6.42 Å². The van der Waals surface area contributed by atoms with E-state index in [4.69, 9.17) is 9.47 Å². The molecule has 0 bridgehead atoms. The highest BCUT2D eigenvalue weighted by atomic mass is 16.5. The van der Waals surface area contributed by atoms with E-state index >= 15 is 0 Å². The van der Waals surface area contributed by atoms with Gasteiger partial charge in [-0.25, -0.2) is 0 Å². The SMILES string of the molecule is COc1ccc2cc(C(=O)CC3=NCCO3)ccc2c1. The molecule has 0 saturated carbocycles. The van der Waals surface area contributed by atoms with E-state index in [1.807, 2.05) is 36.4 Å². The van der Waals surface area contributed by atoms with Crippen LogP contribution in [0.1, 0.15) is 16.8 Å². The zero-order valence-corrected chi connectivity index (χ0v) is 11.3. The van der Waals surface area contributed by atoms with Crippen molar-refractivity contribution in [3.05, 3.63) is 42.0 Å². The van der Waals surface area contributed by atoms with Crippen LogP contribution in [0.3, 0.4) is 0 Å². The second-order valence-corrected chi connectivity index (χ2v) is 4.65. The van der Waals surface area contributed by atoms with Gasteiger partial charge in [0.2, 0.25) is 0 Å². The van der Waals surface area contributed by atoms with Gasteiger partial charge in [0.25, 0.3) is 0 Å². The molecule has 0 spiro atoms. The highest BCUT2D eigenvalue weighted by molar-refractivity contribution is 6.09. The molecule has 102 valence electrons. The Balaban J connectivity index is 1.86. The molecule has 1 heterocycles. The Kier molecular flexibility index (Phi) is 3.37. The molecule has 20 heavy (non-hydrogen) atoms. The predicted octanol–water partition coefficient (Wildman–Crippen LogP) is 2.85. The van der Waals surface area contributed by atoms with Crippen LogP contribution in [0, 0.1) is 0 Å². The summed E-state index contributed by atoms with van der Waals surface area (Å²) in [4.78, 5) is 16.3. The van der Waals surface area contributed by atoms with Gasteiger partial charge in [0.05, 0.1) is 20.1 Å². The van der Waals surface area contributed by atoms with Crippen molar-refractivity contribution in [2.75, 3.05) is 20.3 Å². The third-order valence-electron chi connectivity index (χ3n) is 3.33. The molecule has 4 nitrogen and oxygen atoms in total. The monoisotopic (exact) mass is 269 g/mol. The summed E-state index contributed by atoms with van der Waals surface area (Å²) in [6.07, 6.45) is 0.238. The molecule has 0 saturated heterocycles. The third-order valence-corrected chi connectivity index (χ3v) is 3.33. The molecule has 0 amide bonds. The van der Waals surface area contributed by atoms with Crippen LogP contribution >= 0.6 is 0 Å². The van der Waals surface area contributed by atoms with Gasteiger partial charge in [0, 0.05) is 5.56 Å². The van der Waals surface area contributed by atoms with E-state index in [1.165, 1.54) is 0 Å². The van der Waals surface area contributed by atoms with E-state index in [-0.39, 0.29) is 12.2 Å². The molecule has 0 aliphatic carbocycles. The van der Waals surface area contributed by atoms with Crippen LogP contribution in [-0.4, -0.2) is 31.9 Å². The first-order valence-corrected chi connectivity index (χ1v) is 6.53. The topological polar surface area (TPSA) is 47.9 Å². The summed E-state index contributed by atoms with van der Waals surface area (Å²) in [6.45, 7) is 1.24. The fraction of sp³-hybridized carbons (Fsp3) is 0.250. The molecule has 1 aliphatic heterocycles. The number of methoxy groups -OCH3 is 1. The van der Waals surface area contributed by atoms with Gasteiger partial charge in [-0.15, -0.1) is 0 Å². The molecular weight excluding hydrogens is 254 g/mol. The van der Waals surface area contributed by atoms with E-state index in [0.29, 0.717) is 24.6 Å². The molecule has 4 heteroatoms. The standard InChI is InChI=1S/C16H15NO3/c1-19-14-5-4-11-8-13(3-2-12(11)9-14)15(18)10-16-17-6-7-20-16/h2-5,8-9H,6-7,10H2,1H3. The Labute approximate surface area is 117 Å². The van der Waals surface area contributed by atoms with E-state index in [0.717, 1.165) is 16.5 Å². The number of rotatable bonds is 4. The highest BCUT2D eigenvalue weighted by Crippen LogP contribution is 2.22. The molecule has 1 aliphatic rings. The van der Waals surface area contributed by atoms with Crippen molar-refractivity contribution < 1.29 is 14.3 Å². The number of fused-ring (bicyclic) bond motifs is 1. The van der Waals surface area contributed by atoms with Gasteiger partial charge in [0.1, 0.15) is 12.4 Å². The van der Waals surface area contributed by atoms with Gasteiger partial charge in [-0.3, -0.25) is 9.79 Å². The normalized spacial score (nSPS) is 13.9. The van der Waals surface area contributed by atoms with Gasteiger partial charge < -0.3 is 9.47 Å². The first kappa shape index (κ1) is 12.7. The molecule has 0 aromatic heterocycles. The number of benzene rings is 2. The Hall–Kier alpha value is -2.36. The van der Waals surface area contributed by atoms with Crippen molar-refractivity contribution in [1.29, 1.82) is 0 Å². The summed E-state index contributed by atoms with van der Waals surface area (Å²) in [5.41, 5.74) is 0.681. The summed E-state index contributed by atoms with van der Waals surface area (Å²) >= 11 is 0. The fourth-order valence-corrected chi connectivity index (χ4v) is 2.25. The Bertz CT molecular complexity index is 691. The predicted molar refractivity (Wildman–Crippen MR) is 77.7 cm³/mol. The zero-order valence-electron chi connectivity index (χ0n) is 11.3. The van der Waals surface area contributed by atoms with Gasteiger partial charge in [-0.2, -0.15) is 0 Å². The molecule has 0 radical (unpaired) electrons. The molecule has 0 atom stereocenters. The lowest BCUT2D eigenvalue weighted by atomic mass is 10.0. The summed E-state index contributed by atoms with van der Waals surface area (Å²) in [5.74, 6) is 1.39. The third kappa shape index (κ3) is 2.50. The maximum absolute atomic E-state index is 12.2. The lowest BCUT2D eigenvalue weighted by Crippen LogP contribution is -2.08. The van der Waals surface area contributed by atoms with Crippen molar-refractivity contribution in [3.63, 3.8) is 0 Å². The largest absolute Gasteiger partial charge is 0.497 e. The van der Waals surface area contributed by atoms with Crippen LogP contribution in [0.2, 0.25) is 0 Å². The summed E-state index contributed by atoms with van der Waals surface area (Å²) in [5, 5.41) is 2.07. The minimum Gasteiger partial charge on any atom is -0.497 e. The quantitative estimate of drug-likeness (QED) is 0.802. The number of nitrogens with zero attached hydrogens (tertiary/aromatic N) is 1. The average molecular weight is 269 g/mol. The van der Waals surface area contributed by atoms with Crippen LogP contribution in [0.15, 0.2) is 41.4 Å². The number of Topliss-reactive ketones (excluding diaryl/α,β-unsaturated/α-hetero) is 1. The van der Waals surface area contributed by atoms with E-state index in [1.54, 1.807) is 7.11 Å². The average Bonchev–Trinajstić information content (AvgIpc) is 2.99. The van der Waals surface area contributed by atoms with Crippen LogP contribution in [0.4, 0.5) is 0 Å². The number of ketones is 1. The number of hydrogen-bond donors (Lipinski definition) is 0. The fourth-order valence-electron chi connectivity index (χ4n) is 2.25. The second-order valence-electron chi connectivity index (χ2n) is 4.65. The lowest BCUT2D eigenvalue weighted by Gasteiger charge is -2.05. The number of aliphatic imine (C=N–C) groups is 1. The molecular formula is C16H15NO3. The molecule has 0 fully saturated rings. The Morgan fingerprint density at radius 3 is 2.80 bits per heavy atom. The number of carbonyl (C=O) groups excluding carboxylic acids is 1. The Morgan fingerprint density at radius 2 is 2.05 bits per heavy atom. The zero-order chi connectivity index (χ0) is 13.9. The lowest BCUT2D eigenvalue weighted by molar-refractivity contribution is 0.0995. The summed E-state index contributed by atoms with van der Waals surface area (Å²) in [6, 6.07) is 11.5. The Morgan fingerprint density at radius 1 is 1.25 bits per heavy atom. The summed E-state index contributed by atoms with van der Waals surface area (Å²) < 4.78 is 10.5.